The number of hydrogen-bond acceptors (Lipinski definition) is 11. The molecule has 9 N–H and O–H groups in total. The number of carbonyl (C=O) groups excluding carboxylic acids is 3. The zero-order valence-electron chi connectivity index (χ0n) is 26.8. The van der Waals surface area contributed by atoms with Crippen molar-refractivity contribution in [3.8, 4) is 5.75 Å². The van der Waals surface area contributed by atoms with E-state index in [-0.39, 0.29) is 54.5 Å². The van der Waals surface area contributed by atoms with E-state index in [1.54, 1.807) is 34.9 Å². The first-order chi connectivity index (χ1) is 21.7. The van der Waals surface area contributed by atoms with Crippen LogP contribution < -0.4 is 16.4 Å². The van der Waals surface area contributed by atoms with Crippen LogP contribution in [-0.2, 0) is 20.7 Å². The summed E-state index contributed by atoms with van der Waals surface area (Å²) >= 11 is 0. The number of ether oxygens (including phenoxy) is 1. The number of nitrogens with zero attached hydrogens (tertiary/aromatic N) is 1. The topological polar surface area (TPSA) is 232 Å². The number of carboxylic acids is 1. The molecule has 16 heteroatoms. The molecule has 254 valence electrons. The number of nitrogens with one attached hydrogen (secondary N) is 2. The summed E-state index contributed by atoms with van der Waals surface area (Å²) in [6.07, 6.45) is -0.983. The van der Waals surface area contributed by atoms with Crippen molar-refractivity contribution in [1.82, 2.24) is 10.2 Å². The number of carboxylic acid groups (broad SMARTS) is 1. The first-order valence-corrected chi connectivity index (χ1v) is 15.0. The molecule has 5 atom stereocenters. The van der Waals surface area contributed by atoms with Gasteiger partial charge in [0.05, 0.1) is 0 Å². The summed E-state index contributed by atoms with van der Waals surface area (Å²) in [5.74, 6) is -7.88. The van der Waals surface area contributed by atoms with E-state index in [9.17, 15) is 44.7 Å². The Balaban J connectivity index is 1.61. The summed E-state index contributed by atoms with van der Waals surface area (Å²) in [4.78, 5) is 51.4. The normalized spacial score (nSPS) is 24.7. The van der Waals surface area contributed by atoms with Crippen LogP contribution in [0, 0.1) is 17.7 Å². The number of likely N-dealkylation sites (N-methyl/N-ethyl adjacent to an activating group) is 1. The maximum absolute atomic E-state index is 15.5. The number of nitrogens with two attached hydrogens (primary N) is 1. The molecule has 47 heavy (non-hydrogen) atoms. The van der Waals surface area contributed by atoms with E-state index in [4.69, 9.17) is 10.5 Å². The van der Waals surface area contributed by atoms with E-state index in [1.807, 2.05) is 0 Å². The second kappa shape index (κ2) is 12.6. The van der Waals surface area contributed by atoms with E-state index in [0.717, 1.165) is 6.07 Å². The number of aromatic hydroxyl groups is 1. The Morgan fingerprint density at radius 2 is 1.87 bits per heavy atom. The first-order valence-electron chi connectivity index (χ1n) is 15.0. The van der Waals surface area contributed by atoms with Gasteiger partial charge < -0.3 is 15.2 Å². The van der Waals surface area contributed by atoms with Gasteiger partial charge in [-0.25, -0.2) is 9.59 Å². The number of rotatable bonds is 9. The van der Waals surface area contributed by atoms with Crippen molar-refractivity contribution in [1.29, 1.82) is 0 Å². The standard InChI is InChI=1S/C31H40BFN4O10/c1-30(2,3)47-29(45)36-16(28(43)44)7-6-8-35-17-11-15(33)13-9-12-10-14-21(37(4)5)24(40)20(27(34)42)25(32)31(14,46)26(41)18(12)23(39)19(13)22(17)38/h11-12,14,16,21,32,35,38,40-41,46H,6-10H2,1-5H3,(H2,34,42)(H,36,45)(H,43,44)/t12-,14-,16-,21-,31+/m0/s1. The third kappa shape index (κ3) is 6.31. The fourth-order valence-electron chi connectivity index (χ4n) is 6.81. The number of phenolic OH excluding ortho intramolecular Hbond substituents is 1. The molecule has 0 saturated heterocycles. The van der Waals surface area contributed by atoms with Crippen LogP contribution in [0.1, 0.15) is 56.0 Å². The number of alkyl carbamates (subject to hydrolysis) is 1. The van der Waals surface area contributed by atoms with Gasteiger partial charge in [-0.05, 0) is 20.8 Å². The average molecular weight is 658 g/mol. The molecular formula is C31H40BFN4O10. The molecule has 1 aromatic rings. The number of anilines is 1. The Labute approximate surface area is 271 Å². The van der Waals surface area contributed by atoms with Gasteiger partial charge >= 0.3 is 214 Å². The number of phenols is 1. The molecule has 0 saturated carbocycles. The predicted molar refractivity (Wildman–Crippen MR) is 169 cm³/mol. The number of fused-ring (bicyclic) bond motifs is 3. The number of benzene rings is 1. The van der Waals surface area contributed by atoms with Crippen molar-refractivity contribution < 1.29 is 53.8 Å². The van der Waals surface area contributed by atoms with Crippen LogP contribution in [0.15, 0.2) is 28.7 Å². The van der Waals surface area contributed by atoms with Gasteiger partial charge in [0.1, 0.15) is 11.6 Å². The molecule has 0 fully saturated rings. The number of hydrogen-bond donors (Lipinski definition) is 8. The monoisotopic (exact) mass is 658 g/mol. The molecule has 0 bridgehead atoms. The number of halogens is 1. The van der Waals surface area contributed by atoms with Crippen LogP contribution in [0.2, 0.25) is 0 Å². The number of carbonyl (C=O) groups is 4. The van der Waals surface area contributed by atoms with E-state index < -0.39 is 93.1 Å². The number of Topliss-reactive ketones (excluding diaryl/α,β-unsaturated/α-hetero) is 1. The summed E-state index contributed by atoms with van der Waals surface area (Å²) in [6, 6.07) is -1.30. The molecule has 0 spiro atoms. The van der Waals surface area contributed by atoms with Crippen LogP contribution in [0.3, 0.4) is 0 Å². The zero-order valence-corrected chi connectivity index (χ0v) is 26.8. The molecule has 4 rings (SSSR count). The molecular weight excluding hydrogens is 618 g/mol. The van der Waals surface area contributed by atoms with Gasteiger partial charge in [-0.1, -0.05) is 0 Å². The fraction of sp³-hybridized carbons (Fsp3) is 0.516. The van der Waals surface area contributed by atoms with Crippen molar-refractivity contribution in [3.63, 3.8) is 0 Å². The number of primary amides is 1. The third-order valence-corrected chi connectivity index (χ3v) is 8.83. The van der Waals surface area contributed by atoms with Crippen molar-refractivity contribution in [2.75, 3.05) is 26.0 Å². The minimum absolute atomic E-state index is 0.00915. The van der Waals surface area contributed by atoms with E-state index in [0.29, 0.717) is 0 Å². The molecule has 0 unspecified atom stereocenters. The van der Waals surface area contributed by atoms with Crippen LogP contribution in [-0.4, -0.2) is 111 Å². The fourth-order valence-corrected chi connectivity index (χ4v) is 6.81. The van der Waals surface area contributed by atoms with Crippen LogP contribution in [0.25, 0.3) is 0 Å². The Hall–Kier alpha value is -4.44. The molecule has 3 aliphatic rings. The van der Waals surface area contributed by atoms with Crippen molar-refractivity contribution in [3.05, 3.63) is 45.7 Å². The Kier molecular flexibility index (Phi) is 9.52. The SMILES string of the molecule is B=C1C(C(N)=O)=C(O)[C@@H](N(C)C)[C@@H]2C[C@@H]3Cc4c(F)cc(NCCC[C@H](NC(=O)OC(C)(C)C)C(=O)O)c(O)c4C(=O)C3=C(O)[C@]12O. The molecule has 0 aromatic heterocycles. The van der Waals surface area contributed by atoms with E-state index in [2.05, 4.69) is 18.1 Å². The number of allylic oxidation sites excluding steroid dienone is 1. The first kappa shape index (κ1) is 35.4. The summed E-state index contributed by atoms with van der Waals surface area (Å²) in [5, 5.41) is 60.1. The number of aliphatic hydroxyl groups excluding tert-OH is 2. The minimum atomic E-state index is -2.39. The molecule has 2 amide bonds. The second-order valence-corrected chi connectivity index (χ2v) is 13.3. The summed E-state index contributed by atoms with van der Waals surface area (Å²) < 4.78 is 20.6. The van der Waals surface area contributed by atoms with Gasteiger partial charge in [0.25, 0.3) is 0 Å². The maximum atomic E-state index is 15.5. The van der Waals surface area contributed by atoms with Gasteiger partial charge in [-0.15, -0.1) is 0 Å². The van der Waals surface area contributed by atoms with Gasteiger partial charge in [-0.3, -0.25) is 0 Å². The van der Waals surface area contributed by atoms with Crippen LogP contribution >= 0.6 is 0 Å². The summed E-state index contributed by atoms with van der Waals surface area (Å²) in [6.45, 7) is 4.89. The van der Waals surface area contributed by atoms with E-state index >= 15 is 4.39 Å². The average Bonchev–Trinajstić information content (AvgIpc) is 2.93. The summed E-state index contributed by atoms with van der Waals surface area (Å²) in [5.41, 5.74) is 0.396. The molecule has 0 radical (unpaired) electrons. The Bertz CT molecular complexity index is 1620. The molecule has 14 nitrogen and oxygen atoms in total. The summed E-state index contributed by atoms with van der Waals surface area (Å²) in [7, 11) is 6.90. The number of aliphatic hydroxyl groups is 3. The Morgan fingerprint density at radius 1 is 1.23 bits per heavy atom. The van der Waals surface area contributed by atoms with Crippen LogP contribution in [0.5, 0.6) is 5.75 Å². The van der Waals surface area contributed by atoms with Crippen LogP contribution in [0.4, 0.5) is 14.9 Å². The van der Waals surface area contributed by atoms with E-state index in [1.165, 1.54) is 4.90 Å². The van der Waals surface area contributed by atoms with Crippen molar-refractivity contribution in [2.24, 2.45) is 17.6 Å². The predicted octanol–water partition coefficient (Wildman–Crippen LogP) is 0.934. The number of amides is 2. The molecule has 1 aromatic carbocycles. The molecule has 0 aliphatic heterocycles. The number of aliphatic carboxylic acids is 1. The van der Waals surface area contributed by atoms with Crippen molar-refractivity contribution in [2.45, 2.75) is 69.7 Å². The zero-order chi connectivity index (χ0) is 35.3. The van der Waals surface area contributed by atoms with Gasteiger partial charge in [-0.2, -0.15) is 0 Å². The van der Waals surface area contributed by atoms with Gasteiger partial charge in [0.15, 0.2) is 0 Å². The molecule has 0 heterocycles. The third-order valence-electron chi connectivity index (χ3n) is 8.83. The number of ketones is 1. The second-order valence-electron chi connectivity index (χ2n) is 13.3. The van der Waals surface area contributed by atoms with Crippen molar-refractivity contribution >= 4 is 42.4 Å². The van der Waals surface area contributed by atoms with Gasteiger partial charge in [0.2, 0.25) is 0 Å². The quantitative estimate of drug-likeness (QED) is 0.105. The Morgan fingerprint density at radius 3 is 2.43 bits per heavy atom. The van der Waals surface area contributed by atoms with Gasteiger partial charge in [0, 0.05) is 0 Å². The molecule has 3 aliphatic carbocycles.